The summed E-state index contributed by atoms with van der Waals surface area (Å²) in [7, 11) is 0. The number of rotatable bonds is 8. The van der Waals surface area contributed by atoms with Gasteiger partial charge in [0.15, 0.2) is 6.61 Å². The van der Waals surface area contributed by atoms with Crippen molar-refractivity contribution in [3.8, 4) is 11.1 Å². The van der Waals surface area contributed by atoms with E-state index in [4.69, 9.17) is 14.6 Å². The monoisotopic (exact) mass is 411 g/mol. The Morgan fingerprint density at radius 3 is 2.07 bits per heavy atom. The molecule has 3 rings (SSSR count). The summed E-state index contributed by atoms with van der Waals surface area (Å²) in [5.74, 6) is -2.06. The standard InChI is InChI=1S/C23H25NO6/c1-14(2)11-20(22(27)29-13-21(25)26)24-23(28)30-12-19-17-9-5-3-7-15(17)16-8-4-6-10-18(16)19/h3-10,14,19-20H,11-13H2,1-2H3,(H,24,28)(H,25,26)/t20-/m0/s1. The molecule has 0 unspecified atom stereocenters. The number of carbonyl (C=O) groups excluding carboxylic acids is 2. The largest absolute Gasteiger partial charge is 0.479 e. The molecule has 7 nitrogen and oxygen atoms in total. The van der Waals surface area contributed by atoms with Crippen molar-refractivity contribution in [3.63, 3.8) is 0 Å². The molecule has 0 heterocycles. The fourth-order valence-electron chi connectivity index (χ4n) is 3.70. The molecule has 0 bridgehead atoms. The van der Waals surface area contributed by atoms with Crippen LogP contribution in [0.3, 0.4) is 0 Å². The third-order valence-electron chi connectivity index (χ3n) is 4.97. The van der Waals surface area contributed by atoms with Crippen LogP contribution in [-0.2, 0) is 19.1 Å². The smallest absolute Gasteiger partial charge is 0.407 e. The first kappa shape index (κ1) is 21.4. The number of fused-ring (bicyclic) bond motifs is 3. The number of nitrogens with one attached hydrogen (secondary N) is 1. The third kappa shape index (κ3) is 4.97. The first-order chi connectivity index (χ1) is 14.4. The lowest BCUT2D eigenvalue weighted by molar-refractivity contribution is -0.156. The second-order valence-electron chi connectivity index (χ2n) is 7.65. The molecule has 0 radical (unpaired) electrons. The average molecular weight is 411 g/mol. The molecule has 0 aromatic heterocycles. The van der Waals surface area contributed by atoms with Gasteiger partial charge in [-0.15, -0.1) is 0 Å². The summed E-state index contributed by atoms with van der Waals surface area (Å²) in [5, 5.41) is 11.2. The van der Waals surface area contributed by atoms with Crippen molar-refractivity contribution in [1.82, 2.24) is 5.32 Å². The van der Waals surface area contributed by atoms with E-state index in [1.807, 2.05) is 62.4 Å². The highest BCUT2D eigenvalue weighted by Crippen LogP contribution is 2.44. The van der Waals surface area contributed by atoms with Crippen LogP contribution in [0, 0.1) is 5.92 Å². The van der Waals surface area contributed by atoms with Crippen LogP contribution in [0.15, 0.2) is 48.5 Å². The molecule has 1 atom stereocenters. The summed E-state index contributed by atoms with van der Waals surface area (Å²) in [6.45, 7) is 3.14. The fraction of sp³-hybridized carbons (Fsp3) is 0.348. The SMILES string of the molecule is CC(C)C[C@H](NC(=O)OCC1c2ccccc2-c2ccccc21)C(=O)OCC(=O)O. The van der Waals surface area contributed by atoms with E-state index in [9.17, 15) is 14.4 Å². The summed E-state index contributed by atoms with van der Waals surface area (Å²) in [6, 6.07) is 15.0. The Bertz CT molecular complexity index is 893. The van der Waals surface area contributed by atoms with Crippen LogP contribution in [-0.4, -0.2) is 42.4 Å². The molecule has 0 fully saturated rings. The molecule has 1 amide bonds. The van der Waals surface area contributed by atoms with Crippen molar-refractivity contribution >= 4 is 18.0 Å². The summed E-state index contributed by atoms with van der Waals surface area (Å²) >= 11 is 0. The maximum atomic E-state index is 12.4. The number of hydrogen-bond donors (Lipinski definition) is 2. The maximum absolute atomic E-state index is 12.4. The van der Waals surface area contributed by atoms with E-state index >= 15 is 0 Å². The zero-order valence-electron chi connectivity index (χ0n) is 17.0. The number of carboxylic acids is 1. The van der Waals surface area contributed by atoms with Crippen molar-refractivity contribution in [2.75, 3.05) is 13.2 Å². The number of carboxylic acid groups (broad SMARTS) is 1. The molecule has 0 saturated carbocycles. The van der Waals surface area contributed by atoms with Gasteiger partial charge in [-0.1, -0.05) is 62.4 Å². The van der Waals surface area contributed by atoms with Crippen molar-refractivity contribution in [2.45, 2.75) is 32.2 Å². The van der Waals surface area contributed by atoms with Crippen molar-refractivity contribution in [3.05, 3.63) is 59.7 Å². The highest BCUT2D eigenvalue weighted by Gasteiger charge is 2.30. The second kappa shape index (κ2) is 9.43. The van der Waals surface area contributed by atoms with Crippen LogP contribution in [0.5, 0.6) is 0 Å². The molecule has 1 aliphatic carbocycles. The van der Waals surface area contributed by atoms with E-state index in [2.05, 4.69) is 5.32 Å². The van der Waals surface area contributed by atoms with Gasteiger partial charge >= 0.3 is 18.0 Å². The third-order valence-corrected chi connectivity index (χ3v) is 4.97. The molecule has 2 N–H and O–H groups in total. The second-order valence-corrected chi connectivity index (χ2v) is 7.65. The molecule has 2 aromatic rings. The molecule has 7 heteroatoms. The molecule has 30 heavy (non-hydrogen) atoms. The maximum Gasteiger partial charge on any atom is 0.407 e. The lowest BCUT2D eigenvalue weighted by Gasteiger charge is -2.20. The molecule has 0 aliphatic heterocycles. The Balaban J connectivity index is 1.65. The predicted octanol–water partition coefficient (Wildman–Crippen LogP) is 3.57. The Hall–Kier alpha value is -3.35. The summed E-state index contributed by atoms with van der Waals surface area (Å²) in [6.07, 6.45) is -0.433. The van der Waals surface area contributed by atoms with Gasteiger partial charge in [0.2, 0.25) is 0 Å². The van der Waals surface area contributed by atoms with Crippen molar-refractivity contribution in [2.24, 2.45) is 5.92 Å². The van der Waals surface area contributed by atoms with E-state index < -0.39 is 30.7 Å². The van der Waals surface area contributed by atoms with Crippen LogP contribution in [0.25, 0.3) is 11.1 Å². The van der Waals surface area contributed by atoms with Crippen LogP contribution < -0.4 is 5.32 Å². The number of aliphatic carboxylic acids is 1. The quantitative estimate of drug-likeness (QED) is 0.644. The number of alkyl carbamates (subject to hydrolysis) is 1. The van der Waals surface area contributed by atoms with Gasteiger partial charge in [0.25, 0.3) is 0 Å². The molecular weight excluding hydrogens is 386 g/mol. The zero-order valence-corrected chi connectivity index (χ0v) is 17.0. The van der Waals surface area contributed by atoms with Gasteiger partial charge in [0.1, 0.15) is 12.6 Å². The zero-order chi connectivity index (χ0) is 21.7. The number of benzene rings is 2. The number of hydrogen-bond acceptors (Lipinski definition) is 5. The Morgan fingerprint density at radius 1 is 0.967 bits per heavy atom. The van der Waals surface area contributed by atoms with Crippen molar-refractivity contribution < 1.29 is 29.0 Å². The van der Waals surface area contributed by atoms with Crippen LogP contribution in [0.1, 0.15) is 37.3 Å². The van der Waals surface area contributed by atoms with Crippen LogP contribution >= 0.6 is 0 Å². The van der Waals surface area contributed by atoms with Gasteiger partial charge in [-0.3, -0.25) is 0 Å². The number of amides is 1. The number of ether oxygens (including phenoxy) is 2. The first-order valence-electron chi connectivity index (χ1n) is 9.86. The lowest BCUT2D eigenvalue weighted by atomic mass is 9.98. The van der Waals surface area contributed by atoms with Crippen molar-refractivity contribution in [1.29, 1.82) is 0 Å². The van der Waals surface area contributed by atoms with Gasteiger partial charge in [0, 0.05) is 5.92 Å². The van der Waals surface area contributed by atoms with E-state index in [0.717, 1.165) is 22.3 Å². The van der Waals surface area contributed by atoms with E-state index in [1.54, 1.807) is 0 Å². The summed E-state index contributed by atoms with van der Waals surface area (Å²) in [5.41, 5.74) is 4.42. The minimum atomic E-state index is -1.26. The molecule has 0 saturated heterocycles. The number of esters is 1. The van der Waals surface area contributed by atoms with Gasteiger partial charge in [-0.25, -0.2) is 14.4 Å². The Morgan fingerprint density at radius 2 is 1.53 bits per heavy atom. The van der Waals surface area contributed by atoms with Gasteiger partial charge < -0.3 is 19.9 Å². The lowest BCUT2D eigenvalue weighted by Crippen LogP contribution is -2.43. The predicted molar refractivity (Wildman–Crippen MR) is 110 cm³/mol. The Labute approximate surface area is 175 Å². The van der Waals surface area contributed by atoms with Crippen LogP contribution in [0.2, 0.25) is 0 Å². The highest BCUT2D eigenvalue weighted by molar-refractivity contribution is 5.83. The first-order valence-corrected chi connectivity index (χ1v) is 9.86. The minimum absolute atomic E-state index is 0.0845. The van der Waals surface area contributed by atoms with Gasteiger partial charge in [-0.2, -0.15) is 0 Å². The Kier molecular flexibility index (Phi) is 6.72. The molecule has 1 aliphatic rings. The van der Waals surface area contributed by atoms with Crippen LogP contribution in [0.4, 0.5) is 4.79 Å². The minimum Gasteiger partial charge on any atom is -0.479 e. The normalized spacial score (nSPS) is 13.3. The summed E-state index contributed by atoms with van der Waals surface area (Å²) in [4.78, 5) is 35.2. The molecule has 0 spiro atoms. The number of carbonyl (C=O) groups is 3. The van der Waals surface area contributed by atoms with E-state index in [0.29, 0.717) is 6.42 Å². The van der Waals surface area contributed by atoms with E-state index in [-0.39, 0.29) is 18.4 Å². The topological polar surface area (TPSA) is 102 Å². The van der Waals surface area contributed by atoms with Gasteiger partial charge in [0.05, 0.1) is 0 Å². The average Bonchev–Trinajstić information content (AvgIpc) is 3.03. The van der Waals surface area contributed by atoms with Gasteiger partial charge in [-0.05, 0) is 34.6 Å². The highest BCUT2D eigenvalue weighted by atomic mass is 16.6. The summed E-state index contributed by atoms with van der Waals surface area (Å²) < 4.78 is 10.2. The molecule has 2 aromatic carbocycles. The molecule has 158 valence electrons. The molecular formula is C23H25NO6. The fourth-order valence-corrected chi connectivity index (χ4v) is 3.70. The van der Waals surface area contributed by atoms with E-state index in [1.165, 1.54) is 0 Å².